The van der Waals surface area contributed by atoms with Crippen LogP contribution in [0.1, 0.15) is 247 Å². The maximum Gasteiger partial charge on any atom is 0.305 e. The third-order valence-corrected chi connectivity index (χ3v) is 9.54. The van der Waals surface area contributed by atoms with Gasteiger partial charge in [-0.15, -0.1) is 0 Å². The first-order valence-corrected chi connectivity index (χ1v) is 22.3. The summed E-state index contributed by atoms with van der Waals surface area (Å²) in [6.07, 6.45) is 44.9. The molecule has 0 bridgehead atoms. The molecule has 0 aliphatic heterocycles. The van der Waals surface area contributed by atoms with Gasteiger partial charge in [0.25, 0.3) is 0 Å². The van der Waals surface area contributed by atoms with E-state index in [1.807, 2.05) is 0 Å². The van der Waals surface area contributed by atoms with Crippen molar-refractivity contribution in [2.45, 2.75) is 247 Å². The number of ether oxygens (including phenoxy) is 2. The third-order valence-electron chi connectivity index (χ3n) is 9.54. The van der Waals surface area contributed by atoms with Gasteiger partial charge in [-0.05, 0) is 63.2 Å². The van der Waals surface area contributed by atoms with Crippen molar-refractivity contribution in [3.05, 3.63) is 12.2 Å². The van der Waals surface area contributed by atoms with Crippen LogP contribution in [0.4, 0.5) is 0 Å². The summed E-state index contributed by atoms with van der Waals surface area (Å²) in [5.41, 5.74) is 0. The Morgan fingerprint density at radius 1 is 0.400 bits per heavy atom. The Kier molecular flexibility index (Phi) is 44.5. The first kappa shape index (κ1) is 50.8. The average Bonchev–Trinajstić information content (AvgIpc) is 3.08. The summed E-state index contributed by atoms with van der Waals surface area (Å²) in [6, 6.07) is 0. The predicted molar refractivity (Wildman–Crippen MR) is 220 cm³/mol. The lowest BCUT2D eigenvalue weighted by Gasteiger charge is -2.06. The van der Waals surface area contributed by atoms with Gasteiger partial charge in [0.05, 0.1) is 13.2 Å². The van der Waals surface area contributed by atoms with Crippen LogP contribution in [0, 0.1) is 11.8 Å². The fraction of sp³-hybridized carbons (Fsp3) is 0.913. The zero-order chi connectivity index (χ0) is 37.2. The molecule has 0 aromatic rings. The van der Waals surface area contributed by atoms with Crippen molar-refractivity contribution in [1.82, 2.24) is 0 Å². The summed E-state index contributed by atoms with van der Waals surface area (Å²) >= 11 is 0. The minimum atomic E-state index is -0.0155. The maximum absolute atomic E-state index is 11.5. The van der Waals surface area contributed by atoms with Gasteiger partial charge in [-0.25, -0.2) is 0 Å². The Balaban J connectivity index is 0. The van der Waals surface area contributed by atoms with E-state index < -0.39 is 0 Å². The van der Waals surface area contributed by atoms with Gasteiger partial charge in [0.2, 0.25) is 0 Å². The smallest absolute Gasteiger partial charge is 0.305 e. The van der Waals surface area contributed by atoms with Gasteiger partial charge < -0.3 is 9.47 Å². The SMILES string of the molecule is CCCCCCCC/C=C\CCCCCCCC(=O)OCCC(C)C.CCCCCCCCCCCCCCCCCC(=O)OCCC(C)C. The van der Waals surface area contributed by atoms with Crippen molar-refractivity contribution in [3.8, 4) is 0 Å². The molecule has 0 heterocycles. The lowest BCUT2D eigenvalue weighted by molar-refractivity contribution is -0.145. The summed E-state index contributed by atoms with van der Waals surface area (Å²) in [6.45, 7) is 14.3. The van der Waals surface area contributed by atoms with E-state index in [9.17, 15) is 9.59 Å². The highest BCUT2D eigenvalue weighted by molar-refractivity contribution is 5.69. The van der Waals surface area contributed by atoms with E-state index in [4.69, 9.17) is 9.47 Å². The van der Waals surface area contributed by atoms with Crippen LogP contribution in [0.2, 0.25) is 0 Å². The molecule has 0 spiro atoms. The maximum atomic E-state index is 11.5. The highest BCUT2D eigenvalue weighted by Crippen LogP contribution is 2.14. The summed E-state index contributed by atoms with van der Waals surface area (Å²) in [4.78, 5) is 23.1. The molecule has 0 N–H and O–H groups in total. The Bertz CT molecular complexity index is 698. The standard InChI is InChI=1S/C23H46O2.C23H44O2/c2*1-4-5-6-7-8-9-10-11-12-13-14-15-16-17-18-19-23(24)25-21-20-22(2)3/h22H,4-21H2,1-3H3;11-12,22H,4-10,13-21H2,1-3H3/b;12-11-. The van der Waals surface area contributed by atoms with Crippen molar-refractivity contribution in [2.75, 3.05) is 13.2 Å². The highest BCUT2D eigenvalue weighted by Gasteiger charge is 2.04. The van der Waals surface area contributed by atoms with E-state index in [1.54, 1.807) is 0 Å². The molecule has 0 aliphatic rings. The predicted octanol–water partition coefficient (Wildman–Crippen LogP) is 15.5. The Labute approximate surface area is 314 Å². The molecule has 0 rings (SSSR count). The van der Waals surface area contributed by atoms with Crippen LogP contribution < -0.4 is 0 Å². The Morgan fingerprint density at radius 3 is 0.940 bits per heavy atom. The molecule has 0 saturated carbocycles. The Morgan fingerprint density at radius 2 is 0.660 bits per heavy atom. The van der Waals surface area contributed by atoms with Crippen LogP contribution in [0.5, 0.6) is 0 Å². The number of hydrogen-bond acceptors (Lipinski definition) is 4. The topological polar surface area (TPSA) is 52.6 Å². The zero-order valence-corrected chi connectivity index (χ0v) is 35.0. The molecule has 50 heavy (non-hydrogen) atoms. The fourth-order valence-corrected chi connectivity index (χ4v) is 5.94. The van der Waals surface area contributed by atoms with Crippen molar-refractivity contribution in [2.24, 2.45) is 11.8 Å². The van der Waals surface area contributed by atoms with E-state index in [1.165, 1.54) is 161 Å². The fourth-order valence-electron chi connectivity index (χ4n) is 5.94. The summed E-state index contributed by atoms with van der Waals surface area (Å²) in [5, 5.41) is 0. The normalized spacial score (nSPS) is 11.4. The lowest BCUT2D eigenvalue weighted by atomic mass is 10.0. The molecular formula is C46H90O4. The largest absolute Gasteiger partial charge is 0.466 e. The average molecular weight is 707 g/mol. The molecule has 4 heteroatoms. The van der Waals surface area contributed by atoms with Gasteiger partial charge in [-0.3, -0.25) is 9.59 Å². The zero-order valence-electron chi connectivity index (χ0n) is 35.0. The molecule has 0 aliphatic carbocycles. The van der Waals surface area contributed by atoms with Gasteiger partial charge in [-0.1, -0.05) is 195 Å². The minimum absolute atomic E-state index is 0.00431. The highest BCUT2D eigenvalue weighted by atomic mass is 16.5. The number of hydrogen-bond donors (Lipinski definition) is 0. The second-order valence-corrected chi connectivity index (χ2v) is 15.8. The first-order valence-electron chi connectivity index (χ1n) is 22.3. The monoisotopic (exact) mass is 707 g/mol. The molecule has 0 amide bonds. The van der Waals surface area contributed by atoms with E-state index in [2.05, 4.69) is 53.7 Å². The molecule has 0 saturated heterocycles. The first-order chi connectivity index (χ1) is 24.3. The van der Waals surface area contributed by atoms with E-state index in [0.717, 1.165) is 32.1 Å². The number of carbonyl (C=O) groups excluding carboxylic acids is 2. The van der Waals surface area contributed by atoms with E-state index in [-0.39, 0.29) is 11.9 Å². The van der Waals surface area contributed by atoms with Crippen molar-refractivity contribution >= 4 is 11.9 Å². The molecular weight excluding hydrogens is 617 g/mol. The van der Waals surface area contributed by atoms with E-state index in [0.29, 0.717) is 37.9 Å². The molecule has 0 unspecified atom stereocenters. The quantitative estimate of drug-likeness (QED) is 0.0367. The van der Waals surface area contributed by atoms with Crippen molar-refractivity contribution in [3.63, 3.8) is 0 Å². The van der Waals surface area contributed by atoms with Crippen LogP contribution in [-0.4, -0.2) is 25.2 Å². The number of allylic oxidation sites excluding steroid dienone is 2. The van der Waals surface area contributed by atoms with Crippen LogP contribution >= 0.6 is 0 Å². The number of rotatable bonds is 37. The summed E-state index contributed by atoms with van der Waals surface area (Å²) < 4.78 is 10.5. The van der Waals surface area contributed by atoms with Crippen molar-refractivity contribution < 1.29 is 19.1 Å². The summed E-state index contributed by atoms with van der Waals surface area (Å²) in [5.74, 6) is 1.19. The van der Waals surface area contributed by atoms with Crippen molar-refractivity contribution in [1.29, 1.82) is 0 Å². The van der Waals surface area contributed by atoms with Gasteiger partial charge in [0.1, 0.15) is 0 Å². The number of unbranched alkanes of at least 4 members (excludes halogenated alkanes) is 25. The molecule has 0 radical (unpaired) electrons. The third kappa shape index (κ3) is 48.8. The van der Waals surface area contributed by atoms with Crippen LogP contribution in [-0.2, 0) is 19.1 Å². The number of carbonyl (C=O) groups is 2. The lowest BCUT2D eigenvalue weighted by Crippen LogP contribution is -2.07. The van der Waals surface area contributed by atoms with Gasteiger partial charge in [0.15, 0.2) is 0 Å². The second kappa shape index (κ2) is 43.8. The van der Waals surface area contributed by atoms with Crippen LogP contribution in [0.3, 0.4) is 0 Å². The van der Waals surface area contributed by atoms with E-state index >= 15 is 0 Å². The molecule has 0 fully saturated rings. The minimum Gasteiger partial charge on any atom is -0.466 e. The van der Waals surface area contributed by atoms with Gasteiger partial charge in [0, 0.05) is 12.8 Å². The molecule has 0 atom stereocenters. The van der Waals surface area contributed by atoms with Gasteiger partial charge >= 0.3 is 11.9 Å². The number of esters is 2. The Hall–Kier alpha value is -1.32. The molecule has 4 nitrogen and oxygen atoms in total. The second-order valence-electron chi connectivity index (χ2n) is 15.8. The van der Waals surface area contributed by atoms with Crippen LogP contribution in [0.25, 0.3) is 0 Å². The molecule has 0 aromatic carbocycles. The molecule has 298 valence electrons. The van der Waals surface area contributed by atoms with Crippen LogP contribution in [0.15, 0.2) is 12.2 Å². The summed E-state index contributed by atoms with van der Waals surface area (Å²) in [7, 11) is 0. The van der Waals surface area contributed by atoms with Gasteiger partial charge in [-0.2, -0.15) is 0 Å². The molecule has 0 aromatic heterocycles.